The summed E-state index contributed by atoms with van der Waals surface area (Å²) in [5.41, 5.74) is 1.53. The lowest BCUT2D eigenvalue weighted by atomic mass is 10.1. The fraction of sp³-hybridized carbons (Fsp3) is 0.143. The molecule has 0 bridgehead atoms. The van der Waals surface area contributed by atoms with E-state index in [0.717, 1.165) is 5.56 Å². The van der Waals surface area contributed by atoms with Crippen LogP contribution in [0.1, 0.15) is 27.3 Å². The molecule has 1 heterocycles. The van der Waals surface area contributed by atoms with Crippen molar-refractivity contribution in [2.75, 3.05) is 0 Å². The molecule has 0 spiro atoms. The summed E-state index contributed by atoms with van der Waals surface area (Å²) in [6.07, 6.45) is 3.41. The molecule has 17 heavy (non-hydrogen) atoms. The SMILES string of the molecule is O=Cc1cccn1C(=O)CCc1ccccc1. The summed E-state index contributed by atoms with van der Waals surface area (Å²) in [6, 6.07) is 13.2. The Labute approximate surface area is 99.7 Å². The average Bonchev–Trinajstić information content (AvgIpc) is 2.85. The van der Waals surface area contributed by atoms with Gasteiger partial charge >= 0.3 is 0 Å². The summed E-state index contributed by atoms with van der Waals surface area (Å²) in [4.78, 5) is 22.6. The van der Waals surface area contributed by atoms with Gasteiger partial charge in [-0.1, -0.05) is 30.3 Å². The van der Waals surface area contributed by atoms with E-state index >= 15 is 0 Å². The predicted octanol–water partition coefficient (Wildman–Crippen LogP) is 2.57. The van der Waals surface area contributed by atoms with E-state index in [0.29, 0.717) is 24.8 Å². The second-order valence-electron chi connectivity index (χ2n) is 3.80. The second-order valence-corrected chi connectivity index (χ2v) is 3.80. The topological polar surface area (TPSA) is 39.1 Å². The first kappa shape index (κ1) is 11.3. The van der Waals surface area contributed by atoms with Crippen LogP contribution in [0.2, 0.25) is 0 Å². The first-order valence-corrected chi connectivity index (χ1v) is 5.51. The first-order valence-electron chi connectivity index (χ1n) is 5.51. The summed E-state index contributed by atoms with van der Waals surface area (Å²) in [6.45, 7) is 0. The van der Waals surface area contributed by atoms with Crippen LogP contribution in [0.3, 0.4) is 0 Å². The van der Waals surface area contributed by atoms with Gasteiger partial charge in [0.15, 0.2) is 6.29 Å². The van der Waals surface area contributed by atoms with Crippen molar-refractivity contribution < 1.29 is 9.59 Å². The lowest BCUT2D eigenvalue weighted by Crippen LogP contribution is -2.13. The smallest absolute Gasteiger partial charge is 0.231 e. The molecule has 0 aliphatic heterocycles. The average molecular weight is 227 g/mol. The Bertz CT molecular complexity index is 514. The van der Waals surface area contributed by atoms with E-state index < -0.39 is 0 Å². The molecule has 0 amide bonds. The Hall–Kier alpha value is -2.16. The number of hydrogen-bond donors (Lipinski definition) is 0. The van der Waals surface area contributed by atoms with Gasteiger partial charge < -0.3 is 0 Å². The summed E-state index contributed by atoms with van der Waals surface area (Å²) in [5.74, 6) is -0.0547. The zero-order chi connectivity index (χ0) is 12.1. The predicted molar refractivity (Wildman–Crippen MR) is 65.2 cm³/mol. The fourth-order valence-electron chi connectivity index (χ4n) is 1.73. The standard InChI is InChI=1S/C14H13NO2/c16-11-13-7-4-10-15(13)14(17)9-8-12-5-2-1-3-6-12/h1-7,10-11H,8-9H2. The zero-order valence-corrected chi connectivity index (χ0v) is 9.37. The van der Waals surface area contributed by atoms with Gasteiger partial charge in [0, 0.05) is 12.6 Å². The number of aromatic nitrogens is 1. The Morgan fingerprint density at radius 2 is 1.88 bits per heavy atom. The third-order valence-corrected chi connectivity index (χ3v) is 2.64. The van der Waals surface area contributed by atoms with E-state index in [-0.39, 0.29) is 5.91 Å². The summed E-state index contributed by atoms with van der Waals surface area (Å²) in [7, 11) is 0. The maximum absolute atomic E-state index is 11.9. The zero-order valence-electron chi connectivity index (χ0n) is 9.37. The molecule has 0 N–H and O–H groups in total. The quantitative estimate of drug-likeness (QED) is 0.753. The fourth-order valence-corrected chi connectivity index (χ4v) is 1.73. The van der Waals surface area contributed by atoms with Crippen LogP contribution in [-0.2, 0) is 6.42 Å². The van der Waals surface area contributed by atoms with Crippen molar-refractivity contribution in [3.63, 3.8) is 0 Å². The number of benzene rings is 1. The van der Waals surface area contributed by atoms with Gasteiger partial charge in [-0.15, -0.1) is 0 Å². The minimum Gasteiger partial charge on any atom is -0.296 e. The summed E-state index contributed by atoms with van der Waals surface area (Å²) in [5, 5.41) is 0. The van der Waals surface area contributed by atoms with E-state index in [9.17, 15) is 9.59 Å². The molecule has 0 aliphatic rings. The van der Waals surface area contributed by atoms with E-state index in [1.807, 2.05) is 30.3 Å². The van der Waals surface area contributed by atoms with Crippen molar-refractivity contribution >= 4 is 12.2 Å². The lowest BCUT2D eigenvalue weighted by molar-refractivity contribution is 0.0892. The minimum absolute atomic E-state index is 0.0547. The highest BCUT2D eigenvalue weighted by molar-refractivity contribution is 5.86. The molecule has 0 radical (unpaired) electrons. The molecule has 3 heteroatoms. The molecule has 0 unspecified atom stereocenters. The number of rotatable bonds is 4. The van der Waals surface area contributed by atoms with Crippen LogP contribution in [0.25, 0.3) is 0 Å². The normalized spacial score (nSPS) is 10.1. The van der Waals surface area contributed by atoms with Crippen molar-refractivity contribution in [2.24, 2.45) is 0 Å². The van der Waals surface area contributed by atoms with Crippen molar-refractivity contribution in [1.29, 1.82) is 0 Å². The Balaban J connectivity index is 2.01. The van der Waals surface area contributed by atoms with Crippen molar-refractivity contribution in [2.45, 2.75) is 12.8 Å². The van der Waals surface area contributed by atoms with E-state index in [1.165, 1.54) is 4.57 Å². The summed E-state index contributed by atoms with van der Waals surface area (Å²) >= 11 is 0. The van der Waals surface area contributed by atoms with Gasteiger partial charge in [0.1, 0.15) is 0 Å². The monoisotopic (exact) mass is 227 g/mol. The highest BCUT2D eigenvalue weighted by Crippen LogP contribution is 2.06. The highest BCUT2D eigenvalue weighted by Gasteiger charge is 2.08. The first-order chi connectivity index (χ1) is 8.31. The van der Waals surface area contributed by atoms with E-state index in [4.69, 9.17) is 0 Å². The number of aryl methyl sites for hydroxylation is 1. The number of carbonyl (C=O) groups is 2. The van der Waals surface area contributed by atoms with E-state index in [2.05, 4.69) is 0 Å². The van der Waals surface area contributed by atoms with Gasteiger partial charge in [-0.25, -0.2) is 0 Å². The largest absolute Gasteiger partial charge is 0.296 e. The molecule has 0 saturated heterocycles. The Morgan fingerprint density at radius 1 is 1.12 bits per heavy atom. The molecule has 2 rings (SSSR count). The minimum atomic E-state index is -0.0547. The van der Waals surface area contributed by atoms with Crippen molar-refractivity contribution in [1.82, 2.24) is 4.57 Å². The second kappa shape index (κ2) is 5.25. The molecule has 0 atom stereocenters. The molecule has 0 saturated carbocycles. The van der Waals surface area contributed by atoms with Crippen molar-refractivity contribution in [3.8, 4) is 0 Å². The Kier molecular flexibility index (Phi) is 3.50. The molecular formula is C14H13NO2. The van der Waals surface area contributed by atoms with Crippen LogP contribution in [0.15, 0.2) is 48.7 Å². The van der Waals surface area contributed by atoms with Crippen molar-refractivity contribution in [3.05, 3.63) is 59.9 Å². The van der Waals surface area contributed by atoms with Crippen LogP contribution in [0.4, 0.5) is 0 Å². The molecule has 0 fully saturated rings. The molecule has 2 aromatic rings. The Morgan fingerprint density at radius 3 is 2.59 bits per heavy atom. The third kappa shape index (κ3) is 2.69. The van der Waals surface area contributed by atoms with Crippen LogP contribution in [0, 0.1) is 0 Å². The van der Waals surface area contributed by atoms with Gasteiger partial charge in [-0.05, 0) is 24.1 Å². The van der Waals surface area contributed by atoms with Crippen LogP contribution in [-0.4, -0.2) is 16.8 Å². The third-order valence-electron chi connectivity index (χ3n) is 2.64. The van der Waals surface area contributed by atoms with Gasteiger partial charge in [-0.3, -0.25) is 14.2 Å². The molecule has 1 aromatic carbocycles. The molecule has 3 nitrogen and oxygen atoms in total. The van der Waals surface area contributed by atoms with E-state index in [1.54, 1.807) is 18.3 Å². The lowest BCUT2D eigenvalue weighted by Gasteiger charge is -2.04. The maximum Gasteiger partial charge on any atom is 0.231 e. The number of aldehydes is 1. The van der Waals surface area contributed by atoms with Gasteiger partial charge in [-0.2, -0.15) is 0 Å². The number of nitrogens with zero attached hydrogens (tertiary/aromatic N) is 1. The van der Waals surface area contributed by atoms with Gasteiger partial charge in [0.05, 0.1) is 5.69 Å². The summed E-state index contributed by atoms with van der Waals surface area (Å²) < 4.78 is 1.40. The number of hydrogen-bond acceptors (Lipinski definition) is 2. The maximum atomic E-state index is 11.9. The molecule has 0 aliphatic carbocycles. The van der Waals surface area contributed by atoms with Crippen LogP contribution >= 0.6 is 0 Å². The van der Waals surface area contributed by atoms with Crippen LogP contribution in [0.5, 0.6) is 0 Å². The van der Waals surface area contributed by atoms with Crippen LogP contribution < -0.4 is 0 Å². The molecular weight excluding hydrogens is 214 g/mol. The molecule has 86 valence electrons. The van der Waals surface area contributed by atoms with Gasteiger partial charge in [0.2, 0.25) is 5.91 Å². The highest BCUT2D eigenvalue weighted by atomic mass is 16.2. The molecule has 1 aromatic heterocycles. The van der Waals surface area contributed by atoms with Gasteiger partial charge in [0.25, 0.3) is 0 Å². The number of carbonyl (C=O) groups excluding carboxylic acids is 2.